The van der Waals surface area contributed by atoms with Crippen LogP contribution < -0.4 is 5.32 Å². The van der Waals surface area contributed by atoms with E-state index in [4.69, 9.17) is 23.2 Å². The monoisotopic (exact) mass is 339 g/mol. The molecule has 112 valence electrons. The Balaban J connectivity index is 1.95. The lowest BCUT2D eigenvalue weighted by Gasteiger charge is -2.18. The number of nitrogens with one attached hydrogen (secondary N) is 1. The molecule has 0 saturated heterocycles. The number of thioether (sulfide) groups is 1. The largest absolute Gasteiger partial charge is 0.313 e. The van der Waals surface area contributed by atoms with Gasteiger partial charge < -0.3 is 5.32 Å². The molecular formula is C17H19Cl2NS. The Labute approximate surface area is 141 Å². The van der Waals surface area contributed by atoms with Crippen molar-refractivity contribution in [2.24, 2.45) is 0 Å². The molecule has 0 aliphatic carbocycles. The Morgan fingerprint density at radius 3 is 2.43 bits per heavy atom. The van der Waals surface area contributed by atoms with Gasteiger partial charge >= 0.3 is 0 Å². The lowest BCUT2D eigenvalue weighted by Crippen LogP contribution is -2.33. The zero-order valence-corrected chi connectivity index (χ0v) is 14.3. The van der Waals surface area contributed by atoms with Crippen molar-refractivity contribution in [1.29, 1.82) is 0 Å². The minimum Gasteiger partial charge on any atom is -0.313 e. The van der Waals surface area contributed by atoms with Crippen molar-refractivity contribution < 1.29 is 0 Å². The molecule has 2 aromatic carbocycles. The van der Waals surface area contributed by atoms with Crippen molar-refractivity contribution in [3.05, 3.63) is 64.1 Å². The van der Waals surface area contributed by atoms with E-state index in [2.05, 4.69) is 24.4 Å². The molecule has 0 radical (unpaired) electrons. The van der Waals surface area contributed by atoms with Gasteiger partial charge in [0.25, 0.3) is 0 Å². The number of benzene rings is 2. The second kappa shape index (κ2) is 8.70. The quantitative estimate of drug-likeness (QED) is 0.686. The predicted molar refractivity (Wildman–Crippen MR) is 94.8 cm³/mol. The predicted octanol–water partition coefficient (Wildman–Crippen LogP) is 5.31. The van der Waals surface area contributed by atoms with Gasteiger partial charge in [-0.15, -0.1) is 11.8 Å². The maximum atomic E-state index is 6.06. The van der Waals surface area contributed by atoms with E-state index in [0.29, 0.717) is 6.04 Å². The van der Waals surface area contributed by atoms with Crippen LogP contribution in [0.2, 0.25) is 10.0 Å². The first-order chi connectivity index (χ1) is 10.2. The fourth-order valence-electron chi connectivity index (χ4n) is 2.18. The Bertz CT molecular complexity index is 574. The molecule has 2 aromatic rings. The van der Waals surface area contributed by atoms with Gasteiger partial charge in [0.1, 0.15) is 0 Å². The maximum absolute atomic E-state index is 6.06. The summed E-state index contributed by atoms with van der Waals surface area (Å²) in [6.45, 7) is 3.09. The van der Waals surface area contributed by atoms with Crippen LogP contribution in [0.25, 0.3) is 0 Å². The average Bonchev–Trinajstić information content (AvgIpc) is 2.45. The fourth-order valence-corrected chi connectivity index (χ4v) is 3.66. The molecule has 0 amide bonds. The Hall–Kier alpha value is -0.670. The van der Waals surface area contributed by atoms with Crippen LogP contribution in [0.5, 0.6) is 0 Å². The van der Waals surface area contributed by atoms with Gasteiger partial charge in [-0.25, -0.2) is 0 Å². The van der Waals surface area contributed by atoms with Gasteiger partial charge in [0, 0.05) is 26.7 Å². The number of hydrogen-bond acceptors (Lipinski definition) is 2. The van der Waals surface area contributed by atoms with Gasteiger partial charge in [-0.1, -0.05) is 48.3 Å². The van der Waals surface area contributed by atoms with E-state index in [-0.39, 0.29) is 0 Å². The molecule has 21 heavy (non-hydrogen) atoms. The molecule has 0 aromatic heterocycles. The van der Waals surface area contributed by atoms with Crippen molar-refractivity contribution in [2.75, 3.05) is 12.3 Å². The molecule has 2 rings (SSSR count). The van der Waals surface area contributed by atoms with Gasteiger partial charge in [0.05, 0.1) is 0 Å². The van der Waals surface area contributed by atoms with E-state index in [0.717, 1.165) is 28.8 Å². The fraction of sp³-hybridized carbons (Fsp3) is 0.294. The van der Waals surface area contributed by atoms with E-state index in [9.17, 15) is 0 Å². The van der Waals surface area contributed by atoms with E-state index in [1.54, 1.807) is 0 Å². The number of halogens is 2. The van der Waals surface area contributed by atoms with Crippen LogP contribution in [0.3, 0.4) is 0 Å². The molecule has 0 spiro atoms. The third-order valence-corrected chi connectivity index (χ3v) is 4.74. The molecule has 1 atom stereocenters. The summed E-state index contributed by atoms with van der Waals surface area (Å²) >= 11 is 13.9. The van der Waals surface area contributed by atoms with Crippen molar-refractivity contribution in [1.82, 2.24) is 5.32 Å². The summed E-state index contributed by atoms with van der Waals surface area (Å²) in [6, 6.07) is 16.5. The van der Waals surface area contributed by atoms with Crippen LogP contribution in [0.15, 0.2) is 53.4 Å². The van der Waals surface area contributed by atoms with Crippen molar-refractivity contribution in [2.45, 2.75) is 24.3 Å². The van der Waals surface area contributed by atoms with Crippen LogP contribution in [-0.2, 0) is 6.42 Å². The van der Waals surface area contributed by atoms with E-state index in [1.807, 2.05) is 48.2 Å². The molecule has 0 heterocycles. The first kappa shape index (κ1) is 16.7. The van der Waals surface area contributed by atoms with Crippen LogP contribution in [0, 0.1) is 0 Å². The molecule has 1 nitrogen and oxygen atoms in total. The van der Waals surface area contributed by atoms with E-state index in [1.165, 1.54) is 10.5 Å². The number of hydrogen-bond donors (Lipinski definition) is 1. The normalized spacial score (nSPS) is 12.3. The van der Waals surface area contributed by atoms with Gasteiger partial charge in [-0.05, 0) is 48.9 Å². The lowest BCUT2D eigenvalue weighted by molar-refractivity contribution is 0.572. The molecule has 0 fully saturated rings. The first-order valence-corrected chi connectivity index (χ1v) is 8.77. The molecule has 0 aliphatic rings. The third-order valence-electron chi connectivity index (χ3n) is 3.11. The smallest absolute Gasteiger partial charge is 0.0417 e. The summed E-state index contributed by atoms with van der Waals surface area (Å²) in [5, 5.41) is 5.12. The summed E-state index contributed by atoms with van der Waals surface area (Å²) in [6.07, 6.45) is 0.974. The zero-order chi connectivity index (χ0) is 15.1. The lowest BCUT2D eigenvalue weighted by atomic mass is 10.1. The molecule has 0 aliphatic heterocycles. The molecular weight excluding hydrogens is 321 g/mol. The highest BCUT2D eigenvalue weighted by Crippen LogP contribution is 2.23. The maximum Gasteiger partial charge on any atom is 0.0417 e. The molecule has 0 bridgehead atoms. The minimum absolute atomic E-state index is 0.414. The summed E-state index contributed by atoms with van der Waals surface area (Å²) in [4.78, 5) is 1.21. The third kappa shape index (κ3) is 5.91. The number of rotatable bonds is 7. The van der Waals surface area contributed by atoms with Gasteiger partial charge in [0.15, 0.2) is 0 Å². The highest BCUT2D eigenvalue weighted by atomic mass is 35.5. The van der Waals surface area contributed by atoms with Crippen LogP contribution >= 0.6 is 35.0 Å². The molecule has 0 saturated carbocycles. The van der Waals surface area contributed by atoms with Crippen molar-refractivity contribution in [3.63, 3.8) is 0 Å². The number of likely N-dealkylation sites (N-methyl/N-ethyl adjacent to an activating group) is 1. The van der Waals surface area contributed by atoms with Gasteiger partial charge in [-0.2, -0.15) is 0 Å². The van der Waals surface area contributed by atoms with Crippen LogP contribution in [-0.4, -0.2) is 18.3 Å². The Morgan fingerprint density at radius 1 is 1.05 bits per heavy atom. The van der Waals surface area contributed by atoms with E-state index < -0.39 is 0 Å². The average molecular weight is 340 g/mol. The highest BCUT2D eigenvalue weighted by Gasteiger charge is 2.09. The summed E-state index contributed by atoms with van der Waals surface area (Å²) < 4.78 is 0. The highest BCUT2D eigenvalue weighted by molar-refractivity contribution is 7.99. The molecule has 1 unspecified atom stereocenters. The summed E-state index contributed by atoms with van der Waals surface area (Å²) in [5.74, 6) is 1.00. The summed E-state index contributed by atoms with van der Waals surface area (Å²) in [5.41, 5.74) is 1.26. The van der Waals surface area contributed by atoms with E-state index >= 15 is 0 Å². The van der Waals surface area contributed by atoms with Crippen LogP contribution in [0.1, 0.15) is 12.5 Å². The van der Waals surface area contributed by atoms with Crippen molar-refractivity contribution in [3.8, 4) is 0 Å². The van der Waals surface area contributed by atoms with Gasteiger partial charge in [0.2, 0.25) is 0 Å². The molecule has 4 heteroatoms. The topological polar surface area (TPSA) is 12.0 Å². The second-order valence-corrected chi connectivity index (χ2v) is 6.82. The standard InChI is InChI=1S/C17H19Cl2NS/c1-2-20-16(10-13-5-3-6-14(18)9-13)12-21-17-8-4-7-15(19)11-17/h3-9,11,16,20H,2,10,12H2,1H3. The SMILES string of the molecule is CCNC(CSc1cccc(Cl)c1)Cc1cccc(Cl)c1. The van der Waals surface area contributed by atoms with Crippen molar-refractivity contribution >= 4 is 35.0 Å². The van der Waals surface area contributed by atoms with Crippen LogP contribution in [0.4, 0.5) is 0 Å². The Kier molecular flexibility index (Phi) is 6.91. The Morgan fingerprint density at radius 2 is 1.76 bits per heavy atom. The minimum atomic E-state index is 0.414. The summed E-state index contributed by atoms with van der Waals surface area (Å²) in [7, 11) is 0. The second-order valence-electron chi connectivity index (χ2n) is 4.86. The molecule has 1 N–H and O–H groups in total. The van der Waals surface area contributed by atoms with Gasteiger partial charge in [-0.3, -0.25) is 0 Å². The first-order valence-electron chi connectivity index (χ1n) is 7.03. The zero-order valence-electron chi connectivity index (χ0n) is 12.0.